The number of aromatic nitrogens is 2. The van der Waals surface area contributed by atoms with E-state index < -0.39 is 6.23 Å². The monoisotopic (exact) mass is 483 g/mol. The van der Waals surface area contributed by atoms with Crippen LogP contribution in [0.4, 0.5) is 5.82 Å². The normalized spacial score (nSPS) is 19.1. The molecule has 2 aliphatic heterocycles. The lowest BCUT2D eigenvalue weighted by Gasteiger charge is -2.21. The maximum absolute atomic E-state index is 13.2. The number of carbonyl (C=O) groups is 1. The zero-order valence-electron chi connectivity index (χ0n) is 20.4. The van der Waals surface area contributed by atoms with Crippen molar-refractivity contribution < 1.29 is 9.53 Å². The number of nitrogens with two attached hydrogens (primary N) is 1. The van der Waals surface area contributed by atoms with Crippen molar-refractivity contribution in [3.63, 3.8) is 0 Å². The van der Waals surface area contributed by atoms with Crippen molar-refractivity contribution in [3.05, 3.63) is 83.7 Å². The molecule has 184 valence electrons. The molecule has 9 heteroatoms. The molecule has 36 heavy (non-hydrogen) atoms. The molecule has 5 rings (SSSR count). The van der Waals surface area contributed by atoms with Gasteiger partial charge in [-0.1, -0.05) is 49.1 Å². The molecule has 1 fully saturated rings. The van der Waals surface area contributed by atoms with Crippen molar-refractivity contribution in [1.82, 2.24) is 25.2 Å². The highest BCUT2D eigenvalue weighted by Crippen LogP contribution is 2.27. The highest BCUT2D eigenvalue weighted by Gasteiger charge is 2.29. The summed E-state index contributed by atoms with van der Waals surface area (Å²) in [6, 6.07) is 15.7. The molecule has 1 amide bonds. The zero-order chi connectivity index (χ0) is 25.2. The molecular weight excluding hydrogens is 454 g/mol. The van der Waals surface area contributed by atoms with Crippen LogP contribution in [0.5, 0.6) is 0 Å². The van der Waals surface area contributed by atoms with Gasteiger partial charge < -0.3 is 20.3 Å². The van der Waals surface area contributed by atoms with Gasteiger partial charge >= 0.3 is 0 Å². The van der Waals surface area contributed by atoms with Gasteiger partial charge in [-0.15, -0.1) is 5.10 Å². The minimum atomic E-state index is -0.429. The van der Waals surface area contributed by atoms with Crippen molar-refractivity contribution in [2.75, 3.05) is 32.9 Å². The van der Waals surface area contributed by atoms with Crippen LogP contribution in [0.1, 0.15) is 39.8 Å². The topological polar surface area (TPSA) is 109 Å². The fraction of sp³-hybridized carbons (Fsp3) is 0.259. The summed E-state index contributed by atoms with van der Waals surface area (Å²) < 4.78 is 5.97. The molecule has 2 unspecified atom stereocenters. The van der Waals surface area contributed by atoms with Gasteiger partial charge in [-0.2, -0.15) is 0 Å². The molecular formula is C27H29N7O2. The van der Waals surface area contributed by atoms with Crippen LogP contribution in [-0.4, -0.2) is 64.8 Å². The Morgan fingerprint density at radius 2 is 2.06 bits per heavy atom. The summed E-state index contributed by atoms with van der Waals surface area (Å²) >= 11 is 0. The molecule has 2 aliphatic rings. The molecule has 0 spiro atoms. The molecule has 9 nitrogen and oxygen atoms in total. The maximum atomic E-state index is 13.2. The maximum Gasteiger partial charge on any atom is 0.263 e. The minimum absolute atomic E-state index is 0.0108. The number of nitrogen functional groups attached to an aromatic ring is 1. The van der Waals surface area contributed by atoms with Gasteiger partial charge in [0.1, 0.15) is 0 Å². The quantitative estimate of drug-likeness (QED) is 0.554. The molecule has 3 aromatic rings. The highest BCUT2D eigenvalue weighted by molar-refractivity contribution is 5.99. The van der Waals surface area contributed by atoms with Crippen molar-refractivity contribution in [1.29, 1.82) is 0 Å². The van der Waals surface area contributed by atoms with Crippen LogP contribution < -0.4 is 11.2 Å². The summed E-state index contributed by atoms with van der Waals surface area (Å²) in [5.41, 5.74) is 13.1. The Balaban J connectivity index is 1.38. The Hall–Kier alpha value is -4.24. The third-order valence-corrected chi connectivity index (χ3v) is 6.60. The highest BCUT2D eigenvalue weighted by atomic mass is 16.5. The molecule has 3 N–H and O–H groups in total. The number of amides is 1. The third-order valence-electron chi connectivity index (χ3n) is 6.60. The number of nitrogens with one attached hydrogen (secondary N) is 1. The summed E-state index contributed by atoms with van der Waals surface area (Å²) in [6.45, 7) is 5.39. The van der Waals surface area contributed by atoms with Crippen molar-refractivity contribution >= 4 is 23.7 Å². The summed E-state index contributed by atoms with van der Waals surface area (Å²) in [4.78, 5) is 26.3. The zero-order valence-corrected chi connectivity index (χ0v) is 20.4. The van der Waals surface area contributed by atoms with Crippen LogP contribution in [0, 0.1) is 0 Å². The van der Waals surface area contributed by atoms with E-state index >= 15 is 0 Å². The second-order valence-electron chi connectivity index (χ2n) is 9.11. The number of anilines is 1. The fourth-order valence-electron chi connectivity index (χ4n) is 4.46. The SMILES string of the molecule is C=Cc1cc(-c2cnc(N)c(C3=NNC(c4ccccc4)O3)n2)ccc1C(=O)N1CCC(N(C)C)C1. The van der Waals surface area contributed by atoms with E-state index in [0.717, 1.165) is 36.2 Å². The van der Waals surface area contributed by atoms with E-state index in [4.69, 9.17) is 15.5 Å². The van der Waals surface area contributed by atoms with E-state index in [1.165, 1.54) is 0 Å². The van der Waals surface area contributed by atoms with Gasteiger partial charge in [-0.05, 0) is 38.2 Å². The molecule has 2 atom stereocenters. The van der Waals surface area contributed by atoms with E-state index in [2.05, 4.69) is 27.0 Å². The predicted molar refractivity (Wildman–Crippen MR) is 140 cm³/mol. The summed E-state index contributed by atoms with van der Waals surface area (Å²) in [5.74, 6) is 0.501. The number of rotatable bonds is 6. The largest absolute Gasteiger partial charge is 0.445 e. The number of likely N-dealkylation sites (N-methyl/N-ethyl adjacent to an activating group) is 1. The first-order chi connectivity index (χ1) is 17.4. The van der Waals surface area contributed by atoms with Crippen LogP contribution in [0.15, 0.2) is 66.4 Å². The molecule has 0 aliphatic carbocycles. The van der Waals surface area contributed by atoms with Crippen molar-refractivity contribution in [3.8, 4) is 11.3 Å². The van der Waals surface area contributed by atoms with E-state index in [9.17, 15) is 4.79 Å². The average Bonchev–Trinajstić information content (AvgIpc) is 3.60. The Bertz CT molecular complexity index is 1320. The molecule has 3 heterocycles. The molecule has 0 radical (unpaired) electrons. The van der Waals surface area contributed by atoms with Gasteiger partial charge in [-0.3, -0.25) is 10.2 Å². The van der Waals surface area contributed by atoms with Crippen LogP contribution >= 0.6 is 0 Å². The van der Waals surface area contributed by atoms with Crippen molar-refractivity contribution in [2.45, 2.75) is 18.7 Å². The number of benzene rings is 2. The van der Waals surface area contributed by atoms with E-state index in [1.807, 2.05) is 67.5 Å². The Kier molecular flexibility index (Phi) is 6.39. The lowest BCUT2D eigenvalue weighted by molar-refractivity contribution is 0.0783. The molecule has 0 bridgehead atoms. The Morgan fingerprint density at radius 1 is 1.25 bits per heavy atom. The van der Waals surface area contributed by atoms with Crippen molar-refractivity contribution in [2.24, 2.45) is 5.10 Å². The minimum Gasteiger partial charge on any atom is -0.445 e. The van der Waals surface area contributed by atoms with Crippen LogP contribution in [0.25, 0.3) is 17.3 Å². The van der Waals surface area contributed by atoms with Crippen LogP contribution in [0.3, 0.4) is 0 Å². The van der Waals surface area contributed by atoms with Crippen LogP contribution in [0.2, 0.25) is 0 Å². The second-order valence-corrected chi connectivity index (χ2v) is 9.11. The summed E-state index contributed by atoms with van der Waals surface area (Å²) in [7, 11) is 4.09. The number of hydrogen-bond acceptors (Lipinski definition) is 8. The fourth-order valence-corrected chi connectivity index (χ4v) is 4.46. The molecule has 1 saturated heterocycles. The summed E-state index contributed by atoms with van der Waals surface area (Å²) in [6.07, 6.45) is 3.83. The van der Waals surface area contributed by atoms with E-state index in [1.54, 1.807) is 12.3 Å². The molecule has 2 aromatic carbocycles. The number of nitrogens with zero attached hydrogens (tertiary/aromatic N) is 5. The number of hydrogen-bond donors (Lipinski definition) is 2. The summed E-state index contributed by atoms with van der Waals surface area (Å²) in [5, 5.41) is 4.29. The number of carbonyl (C=O) groups excluding carboxylic acids is 1. The van der Waals surface area contributed by atoms with Gasteiger partial charge in [-0.25, -0.2) is 9.97 Å². The van der Waals surface area contributed by atoms with E-state index in [0.29, 0.717) is 23.0 Å². The van der Waals surface area contributed by atoms with Gasteiger partial charge in [0.25, 0.3) is 11.8 Å². The average molecular weight is 484 g/mol. The standard InChI is InChI=1S/C27H29N7O2/c1-4-17-14-19(10-11-21(17)27(35)34-13-12-20(16-34)33(2)3)22-15-29-24(28)23(30-22)26-32-31-25(36-26)18-8-6-5-7-9-18/h4-11,14-15,20,25,31H,1,12-13,16H2,2-3H3,(H2,28,29). The van der Waals surface area contributed by atoms with E-state index in [-0.39, 0.29) is 17.6 Å². The lowest BCUT2D eigenvalue weighted by Crippen LogP contribution is -2.34. The Labute approximate surface area is 210 Å². The van der Waals surface area contributed by atoms with Gasteiger partial charge in [0.15, 0.2) is 11.5 Å². The molecule has 1 aromatic heterocycles. The Morgan fingerprint density at radius 3 is 2.78 bits per heavy atom. The smallest absolute Gasteiger partial charge is 0.263 e. The number of likely N-dealkylation sites (tertiary alicyclic amines) is 1. The van der Waals surface area contributed by atoms with Crippen LogP contribution in [-0.2, 0) is 4.74 Å². The lowest BCUT2D eigenvalue weighted by atomic mass is 10.0. The predicted octanol–water partition coefficient (Wildman–Crippen LogP) is 3.13. The van der Waals surface area contributed by atoms with Gasteiger partial charge in [0, 0.05) is 35.8 Å². The first-order valence-electron chi connectivity index (χ1n) is 11.8. The number of hydrazone groups is 1. The van der Waals surface area contributed by atoms with Gasteiger partial charge in [0.05, 0.1) is 11.9 Å². The first-order valence-corrected chi connectivity index (χ1v) is 11.8. The first kappa shape index (κ1) is 23.5. The molecule has 0 saturated carbocycles. The second kappa shape index (κ2) is 9.79. The van der Waals surface area contributed by atoms with Gasteiger partial charge in [0.2, 0.25) is 6.23 Å². The number of ether oxygens (including phenoxy) is 1. The third kappa shape index (κ3) is 4.52.